The second-order valence-corrected chi connectivity index (χ2v) is 12.9. The fourth-order valence-electron chi connectivity index (χ4n) is 6.01. The van der Waals surface area contributed by atoms with Gasteiger partial charge in [-0.15, -0.1) is 0 Å². The number of hydrogen-bond donors (Lipinski definition) is 2. The maximum Gasteiger partial charge on any atom is 0.259 e. The van der Waals surface area contributed by atoms with Gasteiger partial charge < -0.3 is 40.0 Å². The molecule has 0 radical (unpaired) electrons. The minimum atomic E-state index is -0.365. The van der Waals surface area contributed by atoms with Gasteiger partial charge in [-0.2, -0.15) is 0 Å². The molecule has 3 aromatic carbocycles. The third-order valence-electron chi connectivity index (χ3n) is 9.06. The molecule has 3 N–H and O–H groups in total. The van der Waals surface area contributed by atoms with Crippen molar-refractivity contribution in [2.45, 2.75) is 57.9 Å². The van der Waals surface area contributed by atoms with Crippen molar-refractivity contribution >= 4 is 29.1 Å². The number of rotatable bonds is 17. The van der Waals surface area contributed by atoms with E-state index in [4.69, 9.17) is 19.9 Å². The number of carbonyl (C=O) groups is 3. The van der Waals surface area contributed by atoms with Gasteiger partial charge in [0.25, 0.3) is 11.8 Å². The number of benzene rings is 3. The zero-order valence-electron chi connectivity index (χ0n) is 30.2. The van der Waals surface area contributed by atoms with Crippen molar-refractivity contribution in [3.8, 4) is 17.2 Å². The molecular formula is C39H53N5O6. The summed E-state index contributed by atoms with van der Waals surface area (Å²) in [5.74, 6) is 1.03. The zero-order valence-corrected chi connectivity index (χ0v) is 30.2. The highest BCUT2D eigenvalue weighted by Crippen LogP contribution is 2.32. The summed E-state index contributed by atoms with van der Waals surface area (Å²) in [7, 11) is 7.40. The molecule has 1 heterocycles. The Balaban J connectivity index is 1.32. The van der Waals surface area contributed by atoms with E-state index >= 15 is 0 Å². The molecule has 1 fully saturated rings. The fraction of sp³-hybridized carbons (Fsp3) is 0.462. The normalized spacial score (nSPS) is 13.2. The van der Waals surface area contributed by atoms with E-state index in [1.807, 2.05) is 30.0 Å². The number of nitrogens with one attached hydrogen (secondary N) is 1. The second-order valence-electron chi connectivity index (χ2n) is 12.9. The average Bonchev–Trinajstić information content (AvgIpc) is 3.12. The third-order valence-corrected chi connectivity index (χ3v) is 9.06. The highest BCUT2D eigenvalue weighted by Gasteiger charge is 2.24. The highest BCUT2D eigenvalue weighted by atomic mass is 16.5. The van der Waals surface area contributed by atoms with Crippen LogP contribution in [0.2, 0.25) is 0 Å². The lowest BCUT2D eigenvalue weighted by Gasteiger charge is -2.35. The Kier molecular flexibility index (Phi) is 14.5. The van der Waals surface area contributed by atoms with Crippen molar-refractivity contribution < 1.29 is 28.6 Å². The summed E-state index contributed by atoms with van der Waals surface area (Å²) in [5.41, 5.74) is 8.41. The van der Waals surface area contributed by atoms with Crippen LogP contribution in [0.5, 0.6) is 17.2 Å². The van der Waals surface area contributed by atoms with E-state index in [9.17, 15) is 14.4 Å². The first kappa shape index (κ1) is 38.2. The molecule has 1 aliphatic heterocycles. The number of methoxy groups -OCH3 is 1. The topological polar surface area (TPSA) is 127 Å². The van der Waals surface area contributed by atoms with E-state index in [0.717, 1.165) is 50.8 Å². The van der Waals surface area contributed by atoms with Gasteiger partial charge in [-0.25, -0.2) is 0 Å². The molecular weight excluding hydrogens is 634 g/mol. The van der Waals surface area contributed by atoms with Gasteiger partial charge in [0, 0.05) is 38.2 Å². The van der Waals surface area contributed by atoms with Gasteiger partial charge in [-0.05, 0) is 114 Å². The maximum absolute atomic E-state index is 13.7. The first-order chi connectivity index (χ1) is 24.1. The Morgan fingerprint density at radius 3 is 2.30 bits per heavy atom. The Morgan fingerprint density at radius 2 is 1.58 bits per heavy atom. The van der Waals surface area contributed by atoms with Crippen molar-refractivity contribution in [3.63, 3.8) is 0 Å². The monoisotopic (exact) mass is 687 g/mol. The van der Waals surface area contributed by atoms with E-state index in [1.54, 1.807) is 54.4 Å². The standard InChI is InChI=1S/C39H53N5O6/c1-28-15-18-33(36(26-28)50-24-10-6-7-14-37(45)44-22-19-30(20-23-44)42(2)3)43(4)39(47)29-16-17-32(35(27-29)48-5)41-38(46)31-12-8-9-13-34(31)49-25-11-21-40/h8-9,12-13,15-18,26-27,30H,6-7,10-11,14,19-25,40H2,1-5H3,(H,41,46). The number of piperidine rings is 1. The van der Waals surface area contributed by atoms with Crippen LogP contribution in [0.3, 0.4) is 0 Å². The average molecular weight is 688 g/mol. The molecule has 3 aromatic rings. The van der Waals surface area contributed by atoms with Crippen LogP contribution in [0.25, 0.3) is 0 Å². The molecule has 4 rings (SSSR count). The predicted octanol–water partition coefficient (Wildman–Crippen LogP) is 5.75. The summed E-state index contributed by atoms with van der Waals surface area (Å²) < 4.78 is 17.5. The number of likely N-dealkylation sites (tertiary alicyclic amines) is 1. The second kappa shape index (κ2) is 19.0. The molecule has 0 aromatic heterocycles. The zero-order chi connectivity index (χ0) is 36.0. The Hall–Kier alpha value is -4.61. The van der Waals surface area contributed by atoms with Crippen LogP contribution in [0, 0.1) is 6.92 Å². The van der Waals surface area contributed by atoms with E-state index in [0.29, 0.717) is 78.4 Å². The number of nitrogens with zero attached hydrogens (tertiary/aromatic N) is 3. The van der Waals surface area contributed by atoms with Gasteiger partial charge in [0.15, 0.2) is 0 Å². The van der Waals surface area contributed by atoms with Crippen LogP contribution in [-0.4, -0.2) is 94.7 Å². The summed E-state index contributed by atoms with van der Waals surface area (Å²) in [6.07, 6.45) is 5.79. The van der Waals surface area contributed by atoms with E-state index in [2.05, 4.69) is 24.3 Å². The molecule has 0 atom stereocenters. The lowest BCUT2D eigenvalue weighted by molar-refractivity contribution is -0.132. The van der Waals surface area contributed by atoms with E-state index < -0.39 is 0 Å². The molecule has 0 aliphatic carbocycles. The molecule has 50 heavy (non-hydrogen) atoms. The number of para-hydroxylation sites is 1. The lowest BCUT2D eigenvalue weighted by Crippen LogP contribution is -2.44. The summed E-state index contributed by atoms with van der Waals surface area (Å²) >= 11 is 0. The first-order valence-electron chi connectivity index (χ1n) is 17.5. The third kappa shape index (κ3) is 10.4. The van der Waals surface area contributed by atoms with E-state index in [-0.39, 0.29) is 17.7 Å². The van der Waals surface area contributed by atoms with Crippen molar-refractivity contribution in [2.75, 3.05) is 71.3 Å². The molecule has 0 spiro atoms. The molecule has 1 saturated heterocycles. The predicted molar refractivity (Wildman–Crippen MR) is 198 cm³/mol. The number of nitrogens with two attached hydrogens (primary N) is 1. The number of anilines is 2. The van der Waals surface area contributed by atoms with Gasteiger partial charge >= 0.3 is 0 Å². The van der Waals surface area contributed by atoms with Crippen molar-refractivity contribution in [2.24, 2.45) is 5.73 Å². The SMILES string of the molecule is COc1cc(C(=O)N(C)c2ccc(C)cc2OCCCCCC(=O)N2CCC(N(C)C)CC2)ccc1NC(=O)c1ccccc1OCCCN. The van der Waals surface area contributed by atoms with Gasteiger partial charge in [-0.3, -0.25) is 14.4 Å². The number of unbranched alkanes of at least 4 members (excludes halogenated alkanes) is 2. The van der Waals surface area contributed by atoms with Crippen LogP contribution < -0.4 is 30.2 Å². The van der Waals surface area contributed by atoms with Crippen molar-refractivity contribution in [3.05, 3.63) is 77.4 Å². The molecule has 1 aliphatic rings. The summed E-state index contributed by atoms with van der Waals surface area (Å²) in [6.45, 7) is 5.02. The number of carbonyl (C=O) groups excluding carboxylic acids is 3. The van der Waals surface area contributed by atoms with Crippen molar-refractivity contribution in [1.82, 2.24) is 9.80 Å². The quantitative estimate of drug-likeness (QED) is 0.172. The first-order valence-corrected chi connectivity index (χ1v) is 17.5. The highest BCUT2D eigenvalue weighted by molar-refractivity contribution is 6.09. The molecule has 0 bridgehead atoms. The molecule has 3 amide bonds. The summed E-state index contributed by atoms with van der Waals surface area (Å²) in [4.78, 5) is 45.4. The minimum absolute atomic E-state index is 0.241. The summed E-state index contributed by atoms with van der Waals surface area (Å²) in [5, 5.41) is 2.88. The van der Waals surface area contributed by atoms with Gasteiger partial charge in [-0.1, -0.05) is 18.2 Å². The van der Waals surface area contributed by atoms with Gasteiger partial charge in [0.1, 0.15) is 17.2 Å². The largest absolute Gasteiger partial charge is 0.495 e. The number of amides is 3. The fourth-order valence-corrected chi connectivity index (χ4v) is 6.01. The molecule has 11 heteroatoms. The van der Waals surface area contributed by atoms with Crippen LogP contribution >= 0.6 is 0 Å². The van der Waals surface area contributed by atoms with E-state index in [1.165, 1.54) is 7.11 Å². The van der Waals surface area contributed by atoms with Gasteiger partial charge in [0.05, 0.1) is 37.3 Å². The molecule has 0 saturated carbocycles. The Bertz CT molecular complexity index is 1590. The van der Waals surface area contributed by atoms with Crippen LogP contribution in [0.1, 0.15) is 71.2 Å². The Morgan fingerprint density at radius 1 is 0.860 bits per heavy atom. The smallest absolute Gasteiger partial charge is 0.259 e. The number of ether oxygens (including phenoxy) is 3. The molecule has 11 nitrogen and oxygen atoms in total. The maximum atomic E-state index is 13.7. The number of hydrogen-bond acceptors (Lipinski definition) is 8. The van der Waals surface area contributed by atoms with Crippen LogP contribution in [0.4, 0.5) is 11.4 Å². The van der Waals surface area contributed by atoms with Crippen molar-refractivity contribution in [1.29, 1.82) is 0 Å². The Labute approximate surface area is 296 Å². The molecule has 0 unspecified atom stereocenters. The van der Waals surface area contributed by atoms with Crippen LogP contribution in [0.15, 0.2) is 60.7 Å². The van der Waals surface area contributed by atoms with Crippen LogP contribution in [-0.2, 0) is 4.79 Å². The number of aryl methyl sites for hydroxylation is 1. The summed E-state index contributed by atoms with van der Waals surface area (Å²) in [6, 6.07) is 18.2. The van der Waals surface area contributed by atoms with Gasteiger partial charge in [0.2, 0.25) is 5.91 Å². The molecule has 270 valence electrons. The minimum Gasteiger partial charge on any atom is -0.495 e. The lowest BCUT2D eigenvalue weighted by atomic mass is 10.0.